The molecule has 0 unspecified atom stereocenters. The van der Waals surface area contributed by atoms with E-state index in [9.17, 15) is 9.18 Å². The summed E-state index contributed by atoms with van der Waals surface area (Å²) in [6.45, 7) is 3.89. The van der Waals surface area contributed by atoms with Gasteiger partial charge in [0.05, 0.1) is 40.3 Å². The Hall–Kier alpha value is -2.21. The summed E-state index contributed by atoms with van der Waals surface area (Å²) in [5.41, 5.74) is 0.326. The standard InChI is InChI=1S/C18H20ClFN4O/c1-11-9-22-15(10-21-11)24-18(2)8-4-7-14(18)23-17(25)16-12(19)5-3-6-13(16)20/h3,5-6,9-10,14H,4,7-8H2,1-2H3,(H,22,24)(H,23,25)/t14-,18-/m0/s1. The van der Waals surface area contributed by atoms with Gasteiger partial charge in [-0.15, -0.1) is 0 Å². The van der Waals surface area contributed by atoms with E-state index in [2.05, 4.69) is 20.6 Å². The molecule has 3 rings (SSSR count). The van der Waals surface area contributed by atoms with Gasteiger partial charge in [0.15, 0.2) is 0 Å². The van der Waals surface area contributed by atoms with Crippen LogP contribution in [0.2, 0.25) is 5.02 Å². The summed E-state index contributed by atoms with van der Waals surface area (Å²) >= 11 is 5.99. The maximum Gasteiger partial charge on any atom is 0.256 e. The third-order valence-corrected chi connectivity index (χ3v) is 4.96. The van der Waals surface area contributed by atoms with Gasteiger partial charge in [0.2, 0.25) is 0 Å². The number of carbonyl (C=O) groups excluding carboxylic acids is 1. The second kappa shape index (κ2) is 6.96. The summed E-state index contributed by atoms with van der Waals surface area (Å²) in [5.74, 6) is -0.474. The number of hydrogen-bond donors (Lipinski definition) is 2. The van der Waals surface area contributed by atoms with Crippen molar-refractivity contribution in [2.75, 3.05) is 5.32 Å². The van der Waals surface area contributed by atoms with Crippen LogP contribution in [0, 0.1) is 12.7 Å². The average molecular weight is 363 g/mol. The number of hydrogen-bond acceptors (Lipinski definition) is 4. The Morgan fingerprint density at radius 3 is 2.84 bits per heavy atom. The number of aromatic nitrogens is 2. The van der Waals surface area contributed by atoms with Crippen molar-refractivity contribution in [3.63, 3.8) is 0 Å². The SMILES string of the molecule is Cc1cnc(N[C@@]2(C)CCC[C@@H]2NC(=O)c2c(F)cccc2Cl)cn1. The first kappa shape index (κ1) is 17.6. The highest BCUT2D eigenvalue weighted by molar-refractivity contribution is 6.33. The maximum absolute atomic E-state index is 14.0. The minimum absolute atomic E-state index is 0.106. The van der Waals surface area contributed by atoms with E-state index in [0.717, 1.165) is 25.0 Å². The normalized spacial score (nSPS) is 22.6. The Morgan fingerprint density at radius 1 is 1.36 bits per heavy atom. The zero-order valence-electron chi connectivity index (χ0n) is 14.1. The highest BCUT2D eigenvalue weighted by Gasteiger charge is 2.40. The van der Waals surface area contributed by atoms with Gasteiger partial charge in [-0.05, 0) is 45.2 Å². The van der Waals surface area contributed by atoms with Crippen molar-refractivity contribution in [3.05, 3.63) is 52.7 Å². The van der Waals surface area contributed by atoms with E-state index in [4.69, 9.17) is 11.6 Å². The smallest absolute Gasteiger partial charge is 0.256 e. The second-order valence-corrected chi connectivity index (χ2v) is 7.01. The lowest BCUT2D eigenvalue weighted by Gasteiger charge is -2.33. The molecule has 0 bridgehead atoms. The lowest BCUT2D eigenvalue weighted by Crippen LogP contribution is -2.52. The molecule has 7 heteroatoms. The summed E-state index contributed by atoms with van der Waals surface area (Å²) in [4.78, 5) is 21.1. The van der Waals surface area contributed by atoms with Crippen molar-refractivity contribution in [3.8, 4) is 0 Å². The lowest BCUT2D eigenvalue weighted by molar-refractivity contribution is 0.0923. The zero-order chi connectivity index (χ0) is 18.0. The largest absolute Gasteiger partial charge is 0.362 e. The van der Waals surface area contributed by atoms with Gasteiger partial charge in [0.1, 0.15) is 11.6 Å². The third kappa shape index (κ3) is 3.74. The van der Waals surface area contributed by atoms with E-state index in [-0.39, 0.29) is 16.6 Å². The van der Waals surface area contributed by atoms with Crippen LogP contribution >= 0.6 is 11.6 Å². The topological polar surface area (TPSA) is 66.9 Å². The molecule has 1 aromatic heterocycles. The van der Waals surface area contributed by atoms with Crippen LogP contribution in [0.25, 0.3) is 0 Å². The lowest BCUT2D eigenvalue weighted by atomic mass is 9.95. The maximum atomic E-state index is 14.0. The second-order valence-electron chi connectivity index (χ2n) is 6.60. The van der Waals surface area contributed by atoms with Crippen molar-refractivity contribution in [1.29, 1.82) is 0 Å². The van der Waals surface area contributed by atoms with Crippen LogP contribution in [0.5, 0.6) is 0 Å². The zero-order valence-corrected chi connectivity index (χ0v) is 14.9. The Bertz CT molecular complexity index is 763. The highest BCUT2D eigenvalue weighted by Crippen LogP contribution is 2.33. The summed E-state index contributed by atoms with van der Waals surface area (Å²) in [6.07, 6.45) is 5.96. The molecule has 1 fully saturated rings. The fraction of sp³-hybridized carbons (Fsp3) is 0.389. The number of nitrogens with one attached hydrogen (secondary N) is 2. The minimum atomic E-state index is -0.623. The molecule has 2 N–H and O–H groups in total. The number of anilines is 1. The molecule has 1 amide bonds. The molecular formula is C18H20ClFN4O. The number of nitrogens with zero attached hydrogens (tertiary/aromatic N) is 2. The molecule has 1 aliphatic carbocycles. The molecule has 1 aliphatic rings. The van der Waals surface area contributed by atoms with Gasteiger partial charge < -0.3 is 10.6 Å². The highest BCUT2D eigenvalue weighted by atomic mass is 35.5. The van der Waals surface area contributed by atoms with Gasteiger partial charge in [0, 0.05) is 0 Å². The van der Waals surface area contributed by atoms with E-state index in [1.54, 1.807) is 12.4 Å². The Labute approximate surface area is 151 Å². The van der Waals surface area contributed by atoms with Gasteiger partial charge in [0.25, 0.3) is 5.91 Å². The van der Waals surface area contributed by atoms with E-state index in [1.165, 1.54) is 18.2 Å². The van der Waals surface area contributed by atoms with Crippen molar-refractivity contribution < 1.29 is 9.18 Å². The molecule has 0 radical (unpaired) electrons. The number of rotatable bonds is 4. The van der Waals surface area contributed by atoms with Gasteiger partial charge in [-0.2, -0.15) is 0 Å². The third-order valence-electron chi connectivity index (χ3n) is 4.65. The van der Waals surface area contributed by atoms with E-state index < -0.39 is 17.3 Å². The van der Waals surface area contributed by atoms with Crippen LogP contribution in [0.15, 0.2) is 30.6 Å². The molecule has 2 atom stereocenters. The monoisotopic (exact) mass is 362 g/mol. The molecule has 1 saturated carbocycles. The minimum Gasteiger partial charge on any atom is -0.362 e. The summed E-state index contributed by atoms with van der Waals surface area (Å²) in [7, 11) is 0. The summed E-state index contributed by atoms with van der Waals surface area (Å²) in [5, 5.41) is 6.40. The van der Waals surface area contributed by atoms with Crippen LogP contribution in [0.1, 0.15) is 42.2 Å². The van der Waals surface area contributed by atoms with Crippen molar-refractivity contribution in [2.24, 2.45) is 0 Å². The number of carbonyl (C=O) groups is 1. The fourth-order valence-electron chi connectivity index (χ4n) is 3.24. The average Bonchev–Trinajstić information content (AvgIpc) is 2.90. The van der Waals surface area contributed by atoms with Gasteiger partial charge in [-0.1, -0.05) is 17.7 Å². The molecule has 1 heterocycles. The first-order valence-corrected chi connectivity index (χ1v) is 8.58. The molecule has 0 saturated heterocycles. The first-order valence-electron chi connectivity index (χ1n) is 8.21. The quantitative estimate of drug-likeness (QED) is 0.869. The Morgan fingerprint density at radius 2 is 2.16 bits per heavy atom. The molecular weight excluding hydrogens is 343 g/mol. The molecule has 132 valence electrons. The Balaban J connectivity index is 1.77. The van der Waals surface area contributed by atoms with Gasteiger partial charge in [-0.3, -0.25) is 9.78 Å². The van der Waals surface area contributed by atoms with Crippen LogP contribution in [0.4, 0.5) is 10.2 Å². The molecule has 2 aromatic rings. The summed E-state index contributed by atoms with van der Waals surface area (Å²) < 4.78 is 14.0. The molecule has 1 aromatic carbocycles. The number of benzene rings is 1. The van der Waals surface area contributed by atoms with E-state index >= 15 is 0 Å². The molecule has 0 aliphatic heterocycles. The number of aryl methyl sites for hydroxylation is 1. The number of halogens is 2. The fourth-order valence-corrected chi connectivity index (χ4v) is 3.49. The van der Waals surface area contributed by atoms with Crippen LogP contribution in [-0.2, 0) is 0 Å². The number of amides is 1. The Kier molecular flexibility index (Phi) is 4.90. The van der Waals surface area contributed by atoms with E-state index in [1.807, 2.05) is 13.8 Å². The van der Waals surface area contributed by atoms with Crippen LogP contribution in [0.3, 0.4) is 0 Å². The molecule has 0 spiro atoms. The van der Waals surface area contributed by atoms with Crippen LogP contribution < -0.4 is 10.6 Å². The van der Waals surface area contributed by atoms with Gasteiger partial charge in [-0.25, -0.2) is 9.37 Å². The predicted molar refractivity (Wildman–Crippen MR) is 95.3 cm³/mol. The summed E-state index contributed by atoms with van der Waals surface area (Å²) in [6, 6.07) is 4.05. The predicted octanol–water partition coefficient (Wildman–Crippen LogP) is 3.73. The van der Waals surface area contributed by atoms with Crippen molar-refractivity contribution in [1.82, 2.24) is 15.3 Å². The molecule has 25 heavy (non-hydrogen) atoms. The van der Waals surface area contributed by atoms with Crippen molar-refractivity contribution >= 4 is 23.3 Å². The van der Waals surface area contributed by atoms with Crippen molar-refractivity contribution in [2.45, 2.75) is 44.7 Å². The van der Waals surface area contributed by atoms with Crippen LogP contribution in [-0.4, -0.2) is 27.5 Å². The molecule has 5 nitrogen and oxygen atoms in total. The van der Waals surface area contributed by atoms with E-state index in [0.29, 0.717) is 5.82 Å². The van der Waals surface area contributed by atoms with Gasteiger partial charge >= 0.3 is 0 Å². The first-order chi connectivity index (χ1) is 11.9.